The first kappa shape index (κ1) is 14.0. The van der Waals surface area contributed by atoms with Crippen molar-refractivity contribution in [1.29, 1.82) is 0 Å². The third-order valence-electron chi connectivity index (χ3n) is 3.12. The summed E-state index contributed by atoms with van der Waals surface area (Å²) in [5, 5.41) is 10.8. The van der Waals surface area contributed by atoms with Gasteiger partial charge in [-0.2, -0.15) is 17.0 Å². The average molecular weight is 290 g/mol. The molecule has 0 spiro atoms. The van der Waals surface area contributed by atoms with E-state index in [0.29, 0.717) is 26.1 Å². The van der Waals surface area contributed by atoms with Crippen molar-refractivity contribution in [2.75, 3.05) is 26.7 Å². The normalized spacial score (nSPS) is 17.1. The summed E-state index contributed by atoms with van der Waals surface area (Å²) in [5.41, 5.74) is 1.12. The SMILES string of the molecule is CN(CCCO)S(=O)(=O)N1CCc2sccc2C1. The van der Waals surface area contributed by atoms with E-state index in [0.717, 1.165) is 12.0 Å². The van der Waals surface area contributed by atoms with E-state index < -0.39 is 10.2 Å². The second kappa shape index (κ2) is 5.66. The van der Waals surface area contributed by atoms with E-state index in [2.05, 4.69) is 0 Å². The minimum absolute atomic E-state index is 0.00847. The lowest BCUT2D eigenvalue weighted by Crippen LogP contribution is -2.44. The number of hydrogen-bond donors (Lipinski definition) is 1. The first-order chi connectivity index (χ1) is 8.55. The van der Waals surface area contributed by atoms with Crippen LogP contribution < -0.4 is 0 Å². The van der Waals surface area contributed by atoms with E-state index in [9.17, 15) is 8.42 Å². The van der Waals surface area contributed by atoms with Crippen molar-refractivity contribution >= 4 is 21.5 Å². The van der Waals surface area contributed by atoms with Crippen LogP contribution in [0.2, 0.25) is 0 Å². The predicted octanol–water partition coefficient (Wildman–Crippen LogP) is 0.665. The number of hydrogen-bond acceptors (Lipinski definition) is 4. The fourth-order valence-electron chi connectivity index (χ4n) is 2.03. The molecular weight excluding hydrogens is 272 g/mol. The summed E-state index contributed by atoms with van der Waals surface area (Å²) in [5.74, 6) is 0. The third kappa shape index (κ3) is 2.75. The Balaban J connectivity index is 2.08. The molecule has 1 aromatic rings. The van der Waals surface area contributed by atoms with E-state index in [1.807, 2.05) is 11.4 Å². The maximum atomic E-state index is 12.3. The van der Waals surface area contributed by atoms with E-state index in [4.69, 9.17) is 5.11 Å². The first-order valence-corrected chi connectivity index (χ1v) is 8.21. The largest absolute Gasteiger partial charge is 0.396 e. The van der Waals surface area contributed by atoms with Crippen LogP contribution >= 0.6 is 11.3 Å². The van der Waals surface area contributed by atoms with Crippen molar-refractivity contribution in [2.24, 2.45) is 0 Å². The van der Waals surface area contributed by atoms with Crippen LogP contribution in [0, 0.1) is 0 Å². The average Bonchev–Trinajstić information content (AvgIpc) is 2.82. The molecule has 0 saturated carbocycles. The summed E-state index contributed by atoms with van der Waals surface area (Å²) in [4.78, 5) is 1.29. The van der Waals surface area contributed by atoms with Gasteiger partial charge in [0.1, 0.15) is 0 Å². The minimum Gasteiger partial charge on any atom is -0.396 e. The highest BCUT2D eigenvalue weighted by Crippen LogP contribution is 2.26. The second-order valence-electron chi connectivity index (χ2n) is 4.36. The molecule has 102 valence electrons. The molecule has 0 fully saturated rings. The predicted molar refractivity (Wildman–Crippen MR) is 71.7 cm³/mol. The Hall–Kier alpha value is -0.470. The molecule has 2 heterocycles. The molecule has 1 N–H and O–H groups in total. The highest BCUT2D eigenvalue weighted by Gasteiger charge is 2.30. The quantitative estimate of drug-likeness (QED) is 0.867. The molecule has 5 nitrogen and oxygen atoms in total. The maximum Gasteiger partial charge on any atom is 0.282 e. The van der Waals surface area contributed by atoms with Crippen molar-refractivity contribution in [1.82, 2.24) is 8.61 Å². The summed E-state index contributed by atoms with van der Waals surface area (Å²) in [6.45, 7) is 1.37. The Morgan fingerprint density at radius 3 is 3.06 bits per heavy atom. The number of rotatable bonds is 5. The van der Waals surface area contributed by atoms with Crippen LogP contribution in [0.25, 0.3) is 0 Å². The van der Waals surface area contributed by atoms with E-state index in [-0.39, 0.29) is 6.61 Å². The van der Waals surface area contributed by atoms with Crippen LogP contribution in [0.3, 0.4) is 0 Å². The summed E-state index contributed by atoms with van der Waals surface area (Å²) >= 11 is 1.69. The van der Waals surface area contributed by atoms with E-state index in [1.54, 1.807) is 18.4 Å². The molecule has 0 saturated heterocycles. The lowest BCUT2D eigenvalue weighted by atomic mass is 10.1. The fraction of sp³-hybridized carbons (Fsp3) is 0.636. The van der Waals surface area contributed by atoms with Crippen molar-refractivity contribution in [3.8, 4) is 0 Å². The zero-order valence-electron chi connectivity index (χ0n) is 10.4. The van der Waals surface area contributed by atoms with Crippen LogP contribution in [0.1, 0.15) is 16.9 Å². The Morgan fingerprint density at radius 2 is 2.33 bits per heavy atom. The fourth-order valence-corrected chi connectivity index (χ4v) is 4.29. The summed E-state index contributed by atoms with van der Waals surface area (Å²) in [6.07, 6.45) is 1.26. The Bertz CT molecular complexity index is 498. The minimum atomic E-state index is -3.39. The standard InChI is InChI=1S/C11H18N2O3S2/c1-12(5-2-7-14)18(15,16)13-6-3-11-10(9-13)4-8-17-11/h4,8,14H,2-3,5-7,9H2,1H3. The number of fused-ring (bicyclic) bond motifs is 1. The van der Waals surface area contributed by atoms with Gasteiger partial charge in [-0.15, -0.1) is 11.3 Å². The van der Waals surface area contributed by atoms with Gasteiger partial charge >= 0.3 is 0 Å². The smallest absolute Gasteiger partial charge is 0.282 e. The van der Waals surface area contributed by atoms with Crippen LogP contribution in [-0.4, -0.2) is 48.9 Å². The van der Waals surface area contributed by atoms with Gasteiger partial charge in [0.15, 0.2) is 0 Å². The molecule has 1 aliphatic heterocycles. The number of aliphatic hydroxyl groups is 1. The van der Waals surface area contributed by atoms with Gasteiger partial charge in [0.25, 0.3) is 10.2 Å². The molecule has 0 aliphatic carbocycles. The number of nitrogens with zero attached hydrogens (tertiary/aromatic N) is 2. The molecule has 2 rings (SSSR count). The molecule has 0 radical (unpaired) electrons. The molecule has 18 heavy (non-hydrogen) atoms. The van der Waals surface area contributed by atoms with Gasteiger partial charge < -0.3 is 5.11 Å². The van der Waals surface area contributed by atoms with Crippen LogP contribution in [0.5, 0.6) is 0 Å². The van der Waals surface area contributed by atoms with Crippen molar-refractivity contribution in [3.63, 3.8) is 0 Å². The van der Waals surface area contributed by atoms with Gasteiger partial charge in [0.2, 0.25) is 0 Å². The highest BCUT2D eigenvalue weighted by atomic mass is 32.2. The first-order valence-electron chi connectivity index (χ1n) is 5.93. The van der Waals surface area contributed by atoms with Gasteiger partial charge in [-0.3, -0.25) is 0 Å². The molecule has 1 aromatic heterocycles. The van der Waals surface area contributed by atoms with Crippen LogP contribution in [0.15, 0.2) is 11.4 Å². The summed E-state index contributed by atoms with van der Waals surface area (Å²) in [6, 6.07) is 2.00. The zero-order valence-corrected chi connectivity index (χ0v) is 12.0. The van der Waals surface area contributed by atoms with Gasteiger partial charge in [0, 0.05) is 38.2 Å². The Morgan fingerprint density at radius 1 is 1.56 bits per heavy atom. The molecular formula is C11H18N2O3S2. The van der Waals surface area contributed by atoms with Gasteiger partial charge in [-0.1, -0.05) is 0 Å². The molecule has 1 aliphatic rings. The molecule has 0 bridgehead atoms. The number of thiophene rings is 1. The topological polar surface area (TPSA) is 60.9 Å². The van der Waals surface area contributed by atoms with Gasteiger partial charge in [0.05, 0.1) is 0 Å². The van der Waals surface area contributed by atoms with E-state index in [1.165, 1.54) is 13.5 Å². The lowest BCUT2D eigenvalue weighted by molar-refractivity contribution is 0.270. The molecule has 0 atom stereocenters. The van der Waals surface area contributed by atoms with Crippen LogP contribution in [0.4, 0.5) is 0 Å². The molecule has 0 amide bonds. The van der Waals surface area contributed by atoms with Crippen molar-refractivity contribution in [3.05, 3.63) is 21.9 Å². The van der Waals surface area contributed by atoms with Gasteiger partial charge in [-0.25, -0.2) is 0 Å². The Labute approximate surface area is 112 Å². The Kier molecular flexibility index (Phi) is 4.39. The van der Waals surface area contributed by atoms with Crippen molar-refractivity contribution in [2.45, 2.75) is 19.4 Å². The van der Waals surface area contributed by atoms with Gasteiger partial charge in [-0.05, 0) is 29.9 Å². The lowest BCUT2D eigenvalue weighted by Gasteiger charge is -2.30. The number of aliphatic hydroxyl groups excluding tert-OH is 1. The van der Waals surface area contributed by atoms with E-state index >= 15 is 0 Å². The zero-order chi connectivity index (χ0) is 13.2. The molecule has 0 aromatic carbocycles. The van der Waals surface area contributed by atoms with Crippen molar-refractivity contribution < 1.29 is 13.5 Å². The van der Waals surface area contributed by atoms with Crippen LogP contribution in [-0.2, 0) is 23.2 Å². The third-order valence-corrected chi connectivity index (χ3v) is 6.08. The summed E-state index contributed by atoms with van der Waals surface area (Å²) < 4.78 is 27.4. The highest BCUT2D eigenvalue weighted by molar-refractivity contribution is 7.86. The summed E-state index contributed by atoms with van der Waals surface area (Å²) in [7, 11) is -1.83. The maximum absolute atomic E-state index is 12.3. The monoisotopic (exact) mass is 290 g/mol. The molecule has 7 heteroatoms. The molecule has 0 unspecified atom stereocenters. The second-order valence-corrected chi connectivity index (χ2v) is 7.40.